The van der Waals surface area contributed by atoms with Gasteiger partial charge in [0.05, 0.1) is 12.9 Å². The number of nitrogens with zero attached hydrogens (tertiary/aromatic N) is 4. The van der Waals surface area contributed by atoms with Crippen molar-refractivity contribution in [3.63, 3.8) is 0 Å². The highest BCUT2D eigenvalue weighted by Gasteiger charge is 2.30. The third-order valence-corrected chi connectivity index (χ3v) is 7.06. The summed E-state index contributed by atoms with van der Waals surface area (Å²) in [5.74, 6) is -0.731. The van der Waals surface area contributed by atoms with Crippen molar-refractivity contribution in [2.45, 2.75) is 32.2 Å². The minimum atomic E-state index is -3.27. The third kappa shape index (κ3) is 5.60. The molecule has 0 unspecified atom stereocenters. The van der Waals surface area contributed by atoms with Crippen LogP contribution in [0, 0.1) is 0 Å². The SMILES string of the molecule is CCOC(=O)CNC(=O)Cn1nc(C2CCN(S(C)(=O)=O)CC2)n(-c2cccs2)c1=O. The van der Waals surface area contributed by atoms with Crippen molar-refractivity contribution < 1.29 is 22.7 Å². The first-order valence-corrected chi connectivity index (χ1v) is 12.5. The Morgan fingerprint density at radius 3 is 2.61 bits per heavy atom. The van der Waals surface area contributed by atoms with Gasteiger partial charge >= 0.3 is 11.7 Å². The molecule has 0 spiro atoms. The van der Waals surface area contributed by atoms with Crippen LogP contribution in [0.25, 0.3) is 5.00 Å². The van der Waals surface area contributed by atoms with Gasteiger partial charge in [-0.05, 0) is 37.3 Å². The van der Waals surface area contributed by atoms with Crippen LogP contribution in [0.1, 0.15) is 31.5 Å². The first-order valence-electron chi connectivity index (χ1n) is 9.81. The highest BCUT2D eigenvalue weighted by atomic mass is 32.2. The van der Waals surface area contributed by atoms with E-state index in [0.717, 1.165) is 4.68 Å². The van der Waals surface area contributed by atoms with Crippen molar-refractivity contribution in [2.75, 3.05) is 32.5 Å². The molecule has 1 aliphatic heterocycles. The van der Waals surface area contributed by atoms with Crippen molar-refractivity contribution in [3.05, 3.63) is 33.8 Å². The number of thiophene rings is 1. The van der Waals surface area contributed by atoms with Gasteiger partial charge in [0.1, 0.15) is 23.9 Å². The summed E-state index contributed by atoms with van der Waals surface area (Å²) in [6.07, 6.45) is 2.21. The summed E-state index contributed by atoms with van der Waals surface area (Å²) < 4.78 is 32.3. The predicted octanol–water partition coefficient (Wildman–Crippen LogP) is -0.0862. The van der Waals surface area contributed by atoms with Gasteiger partial charge in [-0.2, -0.15) is 5.10 Å². The Labute approximate surface area is 183 Å². The van der Waals surface area contributed by atoms with Crippen LogP contribution in [0.4, 0.5) is 0 Å². The van der Waals surface area contributed by atoms with Crippen molar-refractivity contribution in [1.29, 1.82) is 0 Å². The average molecular weight is 472 g/mol. The summed E-state index contributed by atoms with van der Waals surface area (Å²) in [6.45, 7) is 1.93. The fourth-order valence-electron chi connectivity index (χ4n) is 3.42. The Morgan fingerprint density at radius 2 is 2.03 bits per heavy atom. The van der Waals surface area contributed by atoms with E-state index in [1.165, 1.54) is 26.5 Å². The minimum absolute atomic E-state index is 0.128. The smallest absolute Gasteiger partial charge is 0.351 e. The van der Waals surface area contributed by atoms with Crippen LogP contribution in [0.2, 0.25) is 0 Å². The van der Waals surface area contributed by atoms with E-state index in [4.69, 9.17) is 4.74 Å². The quantitative estimate of drug-likeness (QED) is 0.532. The number of amides is 1. The van der Waals surface area contributed by atoms with Gasteiger partial charge in [0.15, 0.2) is 0 Å². The average Bonchev–Trinajstić information content (AvgIpc) is 3.34. The van der Waals surface area contributed by atoms with E-state index >= 15 is 0 Å². The van der Waals surface area contributed by atoms with Crippen LogP contribution in [0.5, 0.6) is 0 Å². The molecular weight excluding hydrogens is 446 g/mol. The number of carbonyl (C=O) groups excluding carboxylic acids is 2. The summed E-state index contributed by atoms with van der Waals surface area (Å²) in [6, 6.07) is 3.60. The van der Waals surface area contributed by atoms with E-state index in [2.05, 4.69) is 10.4 Å². The number of sulfonamides is 1. The normalized spacial score (nSPS) is 15.7. The molecule has 1 fully saturated rings. The van der Waals surface area contributed by atoms with Crippen molar-refractivity contribution in [1.82, 2.24) is 24.0 Å². The summed E-state index contributed by atoms with van der Waals surface area (Å²) in [5.41, 5.74) is -0.464. The molecule has 11 nitrogen and oxygen atoms in total. The van der Waals surface area contributed by atoms with Crippen LogP contribution < -0.4 is 11.0 Å². The maximum Gasteiger partial charge on any atom is 0.351 e. The molecule has 13 heteroatoms. The number of nitrogens with one attached hydrogen (secondary N) is 1. The standard InChI is InChI=1S/C18H25N5O6S2/c1-3-29-16(25)11-19-14(24)12-22-18(26)23(15-5-4-10-30-15)17(20-22)13-6-8-21(9-7-13)31(2,27)28/h4-5,10,13H,3,6-9,11-12H2,1-2H3,(H,19,24). The molecular formula is C18H25N5O6S2. The first kappa shape index (κ1) is 23.2. The molecule has 0 radical (unpaired) electrons. The van der Waals surface area contributed by atoms with Crippen LogP contribution in [-0.2, 0) is 30.9 Å². The number of piperidine rings is 1. The zero-order valence-corrected chi connectivity index (χ0v) is 18.9. The van der Waals surface area contributed by atoms with E-state index in [1.54, 1.807) is 13.0 Å². The van der Waals surface area contributed by atoms with Gasteiger partial charge in [-0.15, -0.1) is 11.3 Å². The number of rotatable bonds is 8. The topological polar surface area (TPSA) is 133 Å². The number of esters is 1. The maximum absolute atomic E-state index is 13.0. The molecule has 3 rings (SSSR count). The fourth-order valence-corrected chi connectivity index (χ4v) is 5.02. The van der Waals surface area contributed by atoms with Gasteiger partial charge in [0.25, 0.3) is 0 Å². The largest absolute Gasteiger partial charge is 0.465 e. The Morgan fingerprint density at radius 1 is 1.32 bits per heavy atom. The van der Waals surface area contributed by atoms with E-state index in [0.29, 0.717) is 36.8 Å². The molecule has 2 aromatic heterocycles. The summed E-state index contributed by atoms with van der Waals surface area (Å²) >= 11 is 1.37. The van der Waals surface area contributed by atoms with Gasteiger partial charge in [-0.25, -0.2) is 26.8 Å². The molecule has 0 aromatic carbocycles. The highest BCUT2D eigenvalue weighted by Crippen LogP contribution is 2.29. The van der Waals surface area contributed by atoms with E-state index in [-0.39, 0.29) is 25.6 Å². The number of aromatic nitrogens is 3. The third-order valence-electron chi connectivity index (χ3n) is 4.91. The molecule has 0 aliphatic carbocycles. The molecule has 0 saturated carbocycles. The molecule has 1 saturated heterocycles. The van der Waals surface area contributed by atoms with Gasteiger partial charge in [-0.1, -0.05) is 0 Å². The minimum Gasteiger partial charge on any atom is -0.465 e. The second kappa shape index (κ2) is 9.75. The Balaban J connectivity index is 1.81. The number of carbonyl (C=O) groups is 2. The van der Waals surface area contributed by atoms with Crippen LogP contribution >= 0.6 is 11.3 Å². The molecule has 0 atom stereocenters. The summed E-state index contributed by atoms with van der Waals surface area (Å²) in [4.78, 5) is 36.6. The zero-order valence-electron chi connectivity index (χ0n) is 17.3. The Bertz CT molecular complexity index is 1080. The lowest BCUT2D eigenvalue weighted by atomic mass is 9.97. The fraction of sp³-hybridized carbons (Fsp3) is 0.556. The summed E-state index contributed by atoms with van der Waals surface area (Å²) in [5, 5.41) is 9.33. The predicted molar refractivity (Wildman–Crippen MR) is 114 cm³/mol. The molecule has 2 aromatic rings. The Hall–Kier alpha value is -2.51. The van der Waals surface area contributed by atoms with Crippen molar-refractivity contribution in [2.24, 2.45) is 0 Å². The molecule has 1 amide bonds. The lowest BCUT2D eigenvalue weighted by Gasteiger charge is -2.29. The van der Waals surface area contributed by atoms with Crippen molar-refractivity contribution >= 4 is 33.2 Å². The molecule has 3 heterocycles. The van der Waals surface area contributed by atoms with Gasteiger partial charge < -0.3 is 10.1 Å². The van der Waals surface area contributed by atoms with E-state index < -0.39 is 27.6 Å². The second-order valence-corrected chi connectivity index (χ2v) is 10.0. The number of ether oxygens (including phenoxy) is 1. The van der Waals surface area contributed by atoms with Crippen LogP contribution in [0.3, 0.4) is 0 Å². The van der Waals surface area contributed by atoms with Crippen LogP contribution in [0.15, 0.2) is 22.3 Å². The van der Waals surface area contributed by atoms with E-state index in [1.807, 2.05) is 11.4 Å². The van der Waals surface area contributed by atoms with Gasteiger partial charge in [-0.3, -0.25) is 9.59 Å². The molecule has 1 aliphatic rings. The number of hydrogen-bond acceptors (Lipinski definition) is 8. The lowest BCUT2D eigenvalue weighted by molar-refractivity contribution is -0.143. The van der Waals surface area contributed by atoms with E-state index in [9.17, 15) is 22.8 Å². The summed E-state index contributed by atoms with van der Waals surface area (Å²) in [7, 11) is -3.27. The van der Waals surface area contributed by atoms with Crippen LogP contribution in [-0.4, -0.2) is 71.4 Å². The number of hydrogen-bond donors (Lipinski definition) is 1. The first-order chi connectivity index (χ1) is 14.7. The lowest BCUT2D eigenvalue weighted by Crippen LogP contribution is -2.37. The highest BCUT2D eigenvalue weighted by molar-refractivity contribution is 7.88. The molecule has 31 heavy (non-hydrogen) atoms. The second-order valence-electron chi connectivity index (χ2n) is 7.10. The maximum atomic E-state index is 13.0. The van der Waals surface area contributed by atoms with Gasteiger partial charge in [0.2, 0.25) is 15.9 Å². The zero-order chi connectivity index (χ0) is 22.6. The molecule has 0 bridgehead atoms. The van der Waals surface area contributed by atoms with Gasteiger partial charge in [0, 0.05) is 19.0 Å². The molecule has 170 valence electrons. The monoisotopic (exact) mass is 471 g/mol. The molecule has 1 N–H and O–H groups in total. The van der Waals surface area contributed by atoms with Crippen molar-refractivity contribution in [3.8, 4) is 5.00 Å². The Kier molecular flexibility index (Phi) is 7.28.